The van der Waals surface area contributed by atoms with Gasteiger partial charge in [0.1, 0.15) is 0 Å². The molecule has 4 aliphatic carbocycles. The van der Waals surface area contributed by atoms with E-state index in [0.717, 1.165) is 0 Å². The van der Waals surface area contributed by atoms with Gasteiger partial charge in [-0.05, 0) is 0 Å². The Kier molecular flexibility index (Phi) is 6.00. The summed E-state index contributed by atoms with van der Waals surface area (Å²) in [7, 11) is 0. The van der Waals surface area contributed by atoms with Crippen LogP contribution in [-0.2, 0) is 21.3 Å². The first-order chi connectivity index (χ1) is 13.8. The van der Waals surface area contributed by atoms with Crippen LogP contribution in [0.25, 0.3) is 6.56 Å². The van der Waals surface area contributed by atoms with E-state index >= 15 is 0 Å². The molecule has 0 bridgehead atoms. The Morgan fingerprint density at radius 1 is 0.600 bits per heavy atom. The number of allylic oxidation sites excluding steroid dienone is 10. The van der Waals surface area contributed by atoms with Gasteiger partial charge in [-0.25, -0.2) is 0 Å². The maximum Gasteiger partial charge on any atom is -1.00 e. The monoisotopic (exact) mass is 504 g/mol. The Hall–Kier alpha value is -1.79. The van der Waals surface area contributed by atoms with Crippen molar-refractivity contribution in [1.82, 2.24) is 0 Å². The molecule has 2 aromatic rings. The number of fused-ring (bicyclic) bond motifs is 6. The van der Waals surface area contributed by atoms with Crippen LogP contribution in [0.15, 0.2) is 108 Å². The van der Waals surface area contributed by atoms with Gasteiger partial charge < -0.3 is 24.8 Å². The van der Waals surface area contributed by atoms with Crippen LogP contribution in [0.2, 0.25) is 0 Å². The van der Waals surface area contributed by atoms with Crippen molar-refractivity contribution in [3.8, 4) is 0 Å². The SMILES string of the molecule is [CH2]=[Zr+2]([C]1=C2C=CC=CC2c2ccccc21)[C]1=C2C=CC=CC2c2ccccc21.[Cl-].[Cl-]. The molecule has 0 amide bonds. The van der Waals surface area contributed by atoms with E-state index in [1.54, 1.807) is 6.56 Å². The second-order valence-electron chi connectivity index (χ2n) is 7.76. The third-order valence-electron chi connectivity index (χ3n) is 6.36. The zero-order valence-electron chi connectivity index (χ0n) is 16.4. The first kappa shape index (κ1) is 21.4. The molecule has 0 nitrogen and oxygen atoms in total. The van der Waals surface area contributed by atoms with Crippen LogP contribution < -0.4 is 24.8 Å². The van der Waals surface area contributed by atoms with Gasteiger partial charge in [0.25, 0.3) is 0 Å². The molecule has 0 fully saturated rings. The Morgan fingerprint density at radius 2 is 1.03 bits per heavy atom. The molecule has 0 radical (unpaired) electrons. The van der Waals surface area contributed by atoms with Crippen LogP contribution in [-0.4, -0.2) is 4.21 Å². The van der Waals surface area contributed by atoms with Crippen LogP contribution in [0.4, 0.5) is 0 Å². The number of benzene rings is 2. The number of halogens is 2. The van der Waals surface area contributed by atoms with Crippen molar-refractivity contribution in [2.24, 2.45) is 0 Å². The molecule has 6 rings (SSSR count). The minimum absolute atomic E-state index is 0. The average molecular weight is 507 g/mol. The molecule has 0 saturated heterocycles. The summed E-state index contributed by atoms with van der Waals surface area (Å²) in [6.07, 6.45) is 18.2. The summed E-state index contributed by atoms with van der Waals surface area (Å²) in [6.45, 7) is 0. The first-order valence-electron chi connectivity index (χ1n) is 9.91. The van der Waals surface area contributed by atoms with E-state index < -0.39 is 21.3 Å². The van der Waals surface area contributed by atoms with Crippen molar-refractivity contribution in [2.45, 2.75) is 11.8 Å². The average Bonchev–Trinajstić information content (AvgIpc) is 3.27. The topological polar surface area (TPSA) is 0 Å². The standard InChI is InChI=1S/2C13H9.CH2.2ClH.Zr/c2*1-3-7-12-10(5-1)9-11-6-2-4-8-13(11)12;;;;/h2*1-8,12H;1H2;2*1H;/q;;;;;+2/p-2. The van der Waals surface area contributed by atoms with E-state index in [1.165, 1.54) is 33.4 Å². The van der Waals surface area contributed by atoms with Crippen molar-refractivity contribution in [2.75, 3.05) is 0 Å². The summed E-state index contributed by atoms with van der Waals surface area (Å²) in [4.78, 5) is 0. The van der Waals surface area contributed by atoms with Crippen LogP contribution in [0.5, 0.6) is 0 Å². The second kappa shape index (κ2) is 8.39. The minimum Gasteiger partial charge on any atom is -1.00 e. The van der Waals surface area contributed by atoms with Crippen molar-refractivity contribution in [3.63, 3.8) is 0 Å². The van der Waals surface area contributed by atoms with Gasteiger partial charge in [-0.1, -0.05) is 0 Å². The maximum atomic E-state index is 4.95. The van der Waals surface area contributed by atoms with Crippen LogP contribution in [0, 0.1) is 0 Å². The Morgan fingerprint density at radius 3 is 1.50 bits per heavy atom. The van der Waals surface area contributed by atoms with Crippen molar-refractivity contribution < 1.29 is 46.1 Å². The van der Waals surface area contributed by atoms with Crippen molar-refractivity contribution >= 4 is 10.8 Å². The van der Waals surface area contributed by atoms with E-state index in [0.29, 0.717) is 11.8 Å². The molecule has 0 aliphatic heterocycles. The van der Waals surface area contributed by atoms with E-state index in [1.807, 2.05) is 0 Å². The van der Waals surface area contributed by atoms with Gasteiger partial charge in [-0.15, -0.1) is 0 Å². The normalized spacial score (nSPS) is 21.2. The van der Waals surface area contributed by atoms with Gasteiger partial charge in [0, 0.05) is 0 Å². The smallest absolute Gasteiger partial charge is 1.00 e. The Balaban J connectivity index is 0.00000109. The van der Waals surface area contributed by atoms with Crippen LogP contribution in [0.3, 0.4) is 0 Å². The molecular formula is C27H20Cl2Zr. The molecule has 2 atom stereocenters. The second-order valence-corrected chi connectivity index (χ2v) is 12.6. The minimum atomic E-state index is -2.35. The molecule has 0 N–H and O–H groups in total. The molecule has 3 heteroatoms. The largest absolute Gasteiger partial charge is 1.00 e. The van der Waals surface area contributed by atoms with Crippen LogP contribution in [0.1, 0.15) is 34.1 Å². The fourth-order valence-electron chi connectivity index (χ4n) is 5.21. The summed E-state index contributed by atoms with van der Waals surface area (Å²) in [5, 5.41) is 0. The van der Waals surface area contributed by atoms with E-state index in [4.69, 9.17) is 4.21 Å². The zero-order valence-corrected chi connectivity index (χ0v) is 20.3. The summed E-state index contributed by atoms with van der Waals surface area (Å²) in [5.74, 6) is 0.821. The summed E-state index contributed by atoms with van der Waals surface area (Å²) < 4.78 is 8.12. The molecular weight excluding hydrogens is 486 g/mol. The van der Waals surface area contributed by atoms with Gasteiger partial charge in [-0.2, -0.15) is 0 Å². The quantitative estimate of drug-likeness (QED) is 0.551. The van der Waals surface area contributed by atoms with Crippen molar-refractivity contribution in [1.29, 1.82) is 0 Å². The summed E-state index contributed by atoms with van der Waals surface area (Å²) in [6, 6.07) is 18.0. The Labute approximate surface area is 198 Å². The summed E-state index contributed by atoms with van der Waals surface area (Å²) in [5.41, 5.74) is 8.82. The maximum absolute atomic E-state index is 4.95. The van der Waals surface area contributed by atoms with E-state index in [-0.39, 0.29) is 24.8 Å². The zero-order chi connectivity index (χ0) is 18.7. The molecule has 2 unspecified atom stereocenters. The molecule has 30 heavy (non-hydrogen) atoms. The molecule has 0 saturated carbocycles. The van der Waals surface area contributed by atoms with Gasteiger partial charge in [0.15, 0.2) is 0 Å². The molecule has 0 spiro atoms. The molecule has 0 heterocycles. The van der Waals surface area contributed by atoms with E-state index in [2.05, 4.69) is 97.1 Å². The van der Waals surface area contributed by atoms with Gasteiger partial charge in [-0.3, -0.25) is 0 Å². The third-order valence-corrected chi connectivity index (χ3v) is 12.1. The number of rotatable bonds is 2. The van der Waals surface area contributed by atoms with Gasteiger partial charge >= 0.3 is 174 Å². The van der Waals surface area contributed by atoms with E-state index in [9.17, 15) is 0 Å². The van der Waals surface area contributed by atoms with Crippen LogP contribution >= 0.6 is 0 Å². The summed E-state index contributed by atoms with van der Waals surface area (Å²) >= 11 is -2.35. The molecule has 146 valence electrons. The fourth-order valence-corrected chi connectivity index (χ4v) is 11.4. The molecule has 0 aromatic heterocycles. The fraction of sp³-hybridized carbons (Fsp3) is 0.0741. The predicted molar refractivity (Wildman–Crippen MR) is 116 cm³/mol. The van der Waals surface area contributed by atoms with Crippen molar-refractivity contribution in [3.05, 3.63) is 131 Å². The number of hydrogen-bond donors (Lipinski definition) is 0. The third kappa shape index (κ3) is 3.03. The van der Waals surface area contributed by atoms with Gasteiger partial charge in [0.2, 0.25) is 0 Å². The first-order valence-corrected chi connectivity index (χ1v) is 14.1. The molecule has 2 aromatic carbocycles. The van der Waals surface area contributed by atoms with Gasteiger partial charge in [0.05, 0.1) is 0 Å². The Bertz CT molecular complexity index is 1140. The molecule has 4 aliphatic rings. The predicted octanol–water partition coefficient (Wildman–Crippen LogP) is 0.314. The number of hydrogen-bond acceptors (Lipinski definition) is 0.